The van der Waals surface area contributed by atoms with Gasteiger partial charge in [-0.2, -0.15) is 0 Å². The molecule has 0 amide bonds. The Morgan fingerprint density at radius 2 is 1.79 bits per heavy atom. The molecule has 1 heterocycles. The van der Waals surface area contributed by atoms with E-state index in [1.165, 1.54) is 13.2 Å². The van der Waals surface area contributed by atoms with E-state index in [1.54, 1.807) is 12.1 Å². The van der Waals surface area contributed by atoms with E-state index in [0.29, 0.717) is 5.56 Å². The quantitative estimate of drug-likeness (QED) is 0.587. The first-order valence-electron chi connectivity index (χ1n) is 9.36. The van der Waals surface area contributed by atoms with E-state index in [1.807, 2.05) is 48.5 Å². The van der Waals surface area contributed by atoms with E-state index in [9.17, 15) is 9.18 Å². The predicted molar refractivity (Wildman–Crippen MR) is 113 cm³/mol. The maximum Gasteiger partial charge on any atom is 0.361 e. The van der Waals surface area contributed by atoms with Crippen LogP contribution in [-0.4, -0.2) is 19.6 Å². The fourth-order valence-electron chi connectivity index (χ4n) is 3.99. The Morgan fingerprint density at radius 1 is 1.07 bits per heavy atom. The van der Waals surface area contributed by atoms with Crippen LogP contribution in [0.5, 0.6) is 0 Å². The van der Waals surface area contributed by atoms with E-state index in [4.69, 9.17) is 4.74 Å². The summed E-state index contributed by atoms with van der Waals surface area (Å²) in [5.74, 6) is -0.651. The topological polar surface area (TPSA) is 42.8 Å². The number of carbonyl (C=O) groups excluding carboxylic acids is 1. The van der Waals surface area contributed by atoms with Crippen LogP contribution < -0.4 is 10.2 Å². The standard InChI is InChI=1S/C23H20BrFN2O2/c1-29-21(28)14-27-22(15-7-3-2-4-8-15)18-13-16(24)11-12-20(18)26-23(27)17-9-5-6-10-19(17)25/h2-13,22-23,26H,14H2,1H3/p+1/t22-,23+/m0/s1. The van der Waals surface area contributed by atoms with Crippen molar-refractivity contribution in [3.8, 4) is 0 Å². The Labute approximate surface area is 177 Å². The van der Waals surface area contributed by atoms with Crippen LogP contribution in [0.15, 0.2) is 77.3 Å². The van der Waals surface area contributed by atoms with Gasteiger partial charge in [0.2, 0.25) is 0 Å². The first kappa shape index (κ1) is 19.6. The molecule has 0 aliphatic carbocycles. The summed E-state index contributed by atoms with van der Waals surface area (Å²) in [6.45, 7) is 0.0913. The molecule has 1 unspecified atom stereocenters. The van der Waals surface area contributed by atoms with Gasteiger partial charge in [0.25, 0.3) is 0 Å². The highest BCUT2D eigenvalue weighted by molar-refractivity contribution is 9.10. The molecule has 0 spiro atoms. The van der Waals surface area contributed by atoms with Crippen LogP contribution in [0.3, 0.4) is 0 Å². The largest absolute Gasteiger partial charge is 0.465 e. The number of fused-ring (bicyclic) bond motifs is 1. The number of carbonyl (C=O) groups is 1. The molecule has 29 heavy (non-hydrogen) atoms. The lowest BCUT2D eigenvalue weighted by Crippen LogP contribution is -3.15. The molecule has 2 N–H and O–H groups in total. The minimum atomic E-state index is -0.450. The molecule has 0 radical (unpaired) electrons. The summed E-state index contributed by atoms with van der Waals surface area (Å²) < 4.78 is 20.7. The molecular formula is C23H21BrFN2O2+. The van der Waals surface area contributed by atoms with Gasteiger partial charge >= 0.3 is 5.97 Å². The number of anilines is 1. The second-order valence-electron chi connectivity index (χ2n) is 7.00. The molecule has 3 atom stereocenters. The van der Waals surface area contributed by atoms with Crippen LogP contribution in [0, 0.1) is 5.82 Å². The van der Waals surface area contributed by atoms with E-state index in [2.05, 4.69) is 27.3 Å². The molecule has 3 aromatic rings. The van der Waals surface area contributed by atoms with Crippen molar-refractivity contribution in [2.24, 2.45) is 0 Å². The van der Waals surface area contributed by atoms with Gasteiger partial charge in [-0.1, -0.05) is 58.4 Å². The summed E-state index contributed by atoms with van der Waals surface area (Å²) in [7, 11) is 1.37. The molecular weight excluding hydrogens is 435 g/mol. The highest BCUT2D eigenvalue weighted by atomic mass is 79.9. The van der Waals surface area contributed by atoms with Crippen LogP contribution in [0.4, 0.5) is 10.1 Å². The lowest BCUT2D eigenvalue weighted by atomic mass is 9.91. The Kier molecular flexibility index (Phi) is 5.65. The number of nitrogens with one attached hydrogen (secondary N) is 2. The summed E-state index contributed by atoms with van der Waals surface area (Å²) in [5, 5.41) is 3.45. The highest BCUT2D eigenvalue weighted by Crippen LogP contribution is 2.35. The summed E-state index contributed by atoms with van der Waals surface area (Å²) >= 11 is 3.56. The highest BCUT2D eigenvalue weighted by Gasteiger charge is 2.42. The van der Waals surface area contributed by atoms with Crippen molar-refractivity contribution < 1.29 is 18.8 Å². The Morgan fingerprint density at radius 3 is 2.52 bits per heavy atom. The van der Waals surface area contributed by atoms with Gasteiger partial charge in [-0.25, -0.2) is 9.18 Å². The van der Waals surface area contributed by atoms with Crippen molar-refractivity contribution in [3.05, 3.63) is 99.8 Å². The molecule has 0 bridgehead atoms. The van der Waals surface area contributed by atoms with Gasteiger partial charge in [0.1, 0.15) is 11.9 Å². The second kappa shape index (κ2) is 8.35. The normalized spacial score (nSPS) is 20.4. The van der Waals surface area contributed by atoms with E-state index >= 15 is 0 Å². The fraction of sp³-hybridized carbons (Fsp3) is 0.174. The van der Waals surface area contributed by atoms with E-state index in [-0.39, 0.29) is 24.4 Å². The molecule has 4 nitrogen and oxygen atoms in total. The summed E-state index contributed by atoms with van der Waals surface area (Å²) in [5.41, 5.74) is 3.52. The molecule has 0 aromatic heterocycles. The van der Waals surface area contributed by atoms with Crippen LogP contribution >= 0.6 is 15.9 Å². The van der Waals surface area contributed by atoms with Crippen molar-refractivity contribution in [1.82, 2.24) is 0 Å². The van der Waals surface area contributed by atoms with Crippen molar-refractivity contribution in [1.29, 1.82) is 0 Å². The van der Waals surface area contributed by atoms with Gasteiger partial charge in [0.15, 0.2) is 12.7 Å². The van der Waals surface area contributed by atoms with E-state index < -0.39 is 6.17 Å². The zero-order valence-electron chi connectivity index (χ0n) is 15.9. The molecule has 148 valence electrons. The predicted octanol–water partition coefficient (Wildman–Crippen LogP) is 3.86. The van der Waals surface area contributed by atoms with E-state index in [0.717, 1.165) is 26.2 Å². The third-order valence-corrected chi connectivity index (χ3v) is 5.78. The van der Waals surface area contributed by atoms with Crippen LogP contribution in [-0.2, 0) is 9.53 Å². The molecule has 4 rings (SSSR count). The zero-order chi connectivity index (χ0) is 20.4. The summed E-state index contributed by atoms with van der Waals surface area (Å²) in [4.78, 5) is 13.2. The third-order valence-electron chi connectivity index (χ3n) is 5.29. The SMILES string of the molecule is COC(=O)C[NH+]1[C@@H](c2ccccc2)c2cc(Br)ccc2N[C@H]1c1ccccc1F. The average molecular weight is 456 g/mol. The number of methoxy groups -OCH3 is 1. The fourth-order valence-corrected chi connectivity index (χ4v) is 4.37. The number of hydrogen-bond acceptors (Lipinski definition) is 3. The average Bonchev–Trinajstić information content (AvgIpc) is 2.74. The lowest BCUT2D eigenvalue weighted by molar-refractivity contribution is -0.947. The first-order valence-corrected chi connectivity index (χ1v) is 10.2. The van der Waals surface area contributed by atoms with Gasteiger partial charge < -0.3 is 10.1 Å². The molecule has 1 aliphatic rings. The number of quaternary nitrogens is 1. The Hall–Kier alpha value is -2.70. The number of ether oxygens (including phenoxy) is 1. The minimum Gasteiger partial charge on any atom is -0.465 e. The molecule has 0 saturated heterocycles. The third kappa shape index (κ3) is 3.91. The summed E-state index contributed by atoms with van der Waals surface area (Å²) in [6.07, 6.45) is -0.450. The van der Waals surface area contributed by atoms with Gasteiger partial charge in [-0.05, 0) is 30.3 Å². The van der Waals surface area contributed by atoms with Crippen molar-refractivity contribution in [2.45, 2.75) is 12.2 Å². The number of rotatable bonds is 4. The molecule has 0 fully saturated rings. The van der Waals surface area contributed by atoms with Gasteiger partial charge in [0, 0.05) is 21.3 Å². The number of benzene rings is 3. The van der Waals surface area contributed by atoms with Gasteiger partial charge in [0.05, 0.1) is 12.7 Å². The maximum absolute atomic E-state index is 14.8. The zero-order valence-corrected chi connectivity index (χ0v) is 17.4. The molecule has 1 aliphatic heterocycles. The lowest BCUT2D eigenvalue weighted by Gasteiger charge is -2.41. The van der Waals surface area contributed by atoms with Crippen LogP contribution in [0.25, 0.3) is 0 Å². The van der Waals surface area contributed by atoms with Crippen molar-refractivity contribution in [2.75, 3.05) is 19.0 Å². The van der Waals surface area contributed by atoms with Gasteiger partial charge in [-0.3, -0.25) is 4.90 Å². The summed E-state index contributed by atoms with van der Waals surface area (Å²) in [6, 6.07) is 22.5. The van der Waals surface area contributed by atoms with Gasteiger partial charge in [-0.15, -0.1) is 0 Å². The van der Waals surface area contributed by atoms with Crippen molar-refractivity contribution in [3.63, 3.8) is 0 Å². The Balaban J connectivity index is 1.91. The molecule has 6 heteroatoms. The Bertz CT molecular complexity index is 1030. The number of hydrogen-bond donors (Lipinski definition) is 2. The minimum absolute atomic E-state index is 0.0913. The second-order valence-corrected chi connectivity index (χ2v) is 7.92. The van der Waals surface area contributed by atoms with Crippen LogP contribution in [0.1, 0.15) is 28.9 Å². The van der Waals surface area contributed by atoms with Crippen LogP contribution in [0.2, 0.25) is 0 Å². The molecule has 3 aromatic carbocycles. The smallest absolute Gasteiger partial charge is 0.361 e. The monoisotopic (exact) mass is 455 g/mol. The van der Waals surface area contributed by atoms with Crippen molar-refractivity contribution >= 4 is 27.6 Å². The number of halogens is 2. The number of esters is 1. The first-order chi connectivity index (χ1) is 14.1. The molecule has 0 saturated carbocycles. The maximum atomic E-state index is 14.8.